The predicted octanol–water partition coefficient (Wildman–Crippen LogP) is 12.4. The standard InChI is InChI=1S/C44H30N2S2/c1-44(2)34-18-10-9-17-30(34)31-21-22-32-33-23-24-38-43(48-37-20-12-11-19-36(37)47-38)42(33)46(41(32)40(31)44)39-26-29(27-13-5-3-6-14-27)25-35(45-39)28-15-7-4-8-16-28/h3-26H,1-2H3. The molecule has 228 valence electrons. The van der Waals surface area contributed by atoms with Crippen LogP contribution in [0.1, 0.15) is 25.0 Å². The number of aromatic nitrogens is 2. The van der Waals surface area contributed by atoms with Crippen LogP contribution in [0.15, 0.2) is 165 Å². The maximum Gasteiger partial charge on any atom is 0.138 e. The Morgan fingerprint density at radius 1 is 0.521 bits per heavy atom. The molecule has 10 rings (SSSR count). The van der Waals surface area contributed by atoms with Gasteiger partial charge in [-0.2, -0.15) is 0 Å². The summed E-state index contributed by atoms with van der Waals surface area (Å²) in [6.07, 6.45) is 0. The van der Waals surface area contributed by atoms with E-state index in [0.29, 0.717) is 0 Å². The minimum absolute atomic E-state index is 0.189. The zero-order valence-corrected chi connectivity index (χ0v) is 28.2. The highest BCUT2D eigenvalue weighted by atomic mass is 32.2. The van der Waals surface area contributed by atoms with E-state index < -0.39 is 0 Å². The van der Waals surface area contributed by atoms with Crippen molar-refractivity contribution in [3.05, 3.63) is 157 Å². The number of hydrogen-bond donors (Lipinski definition) is 0. The van der Waals surface area contributed by atoms with Gasteiger partial charge >= 0.3 is 0 Å². The molecule has 2 aromatic heterocycles. The number of nitrogens with zero attached hydrogens (tertiary/aromatic N) is 2. The van der Waals surface area contributed by atoms with Crippen molar-refractivity contribution in [3.8, 4) is 39.3 Å². The maximum atomic E-state index is 5.53. The van der Waals surface area contributed by atoms with Crippen LogP contribution in [0.25, 0.3) is 61.1 Å². The van der Waals surface area contributed by atoms with Crippen molar-refractivity contribution in [2.45, 2.75) is 38.8 Å². The molecule has 1 aliphatic carbocycles. The second-order valence-electron chi connectivity index (χ2n) is 13.2. The lowest BCUT2D eigenvalue weighted by Crippen LogP contribution is -2.16. The smallest absolute Gasteiger partial charge is 0.138 e. The van der Waals surface area contributed by atoms with Crippen molar-refractivity contribution in [3.63, 3.8) is 0 Å². The first kappa shape index (κ1) is 28.0. The van der Waals surface area contributed by atoms with Gasteiger partial charge in [-0.1, -0.05) is 153 Å². The molecule has 4 heteroatoms. The van der Waals surface area contributed by atoms with Gasteiger partial charge in [0.2, 0.25) is 0 Å². The molecule has 2 aliphatic rings. The van der Waals surface area contributed by atoms with Crippen LogP contribution in [0.5, 0.6) is 0 Å². The third-order valence-electron chi connectivity index (χ3n) is 10.0. The summed E-state index contributed by atoms with van der Waals surface area (Å²) >= 11 is 3.76. The zero-order valence-electron chi connectivity index (χ0n) is 26.6. The van der Waals surface area contributed by atoms with Crippen LogP contribution in [0.3, 0.4) is 0 Å². The minimum atomic E-state index is -0.189. The van der Waals surface area contributed by atoms with E-state index in [0.717, 1.165) is 22.6 Å². The maximum absolute atomic E-state index is 5.53. The van der Waals surface area contributed by atoms with Gasteiger partial charge in [-0.25, -0.2) is 4.98 Å². The van der Waals surface area contributed by atoms with E-state index in [1.807, 2.05) is 23.5 Å². The van der Waals surface area contributed by atoms with E-state index in [1.54, 1.807) is 0 Å². The second-order valence-corrected chi connectivity index (χ2v) is 15.3. The molecule has 6 aromatic carbocycles. The first-order valence-corrected chi connectivity index (χ1v) is 18.0. The summed E-state index contributed by atoms with van der Waals surface area (Å²) < 4.78 is 2.51. The fraction of sp³-hybridized carbons (Fsp3) is 0.0682. The lowest BCUT2D eigenvalue weighted by Gasteiger charge is -2.24. The van der Waals surface area contributed by atoms with E-state index in [2.05, 4.69) is 164 Å². The van der Waals surface area contributed by atoms with Crippen molar-refractivity contribution >= 4 is 45.3 Å². The lowest BCUT2D eigenvalue weighted by molar-refractivity contribution is 0.663. The normalized spacial score (nSPS) is 14.0. The van der Waals surface area contributed by atoms with Crippen LogP contribution in [-0.2, 0) is 5.41 Å². The van der Waals surface area contributed by atoms with Gasteiger partial charge in [0, 0.05) is 36.4 Å². The zero-order chi connectivity index (χ0) is 32.0. The highest BCUT2D eigenvalue weighted by Crippen LogP contribution is 2.56. The summed E-state index contributed by atoms with van der Waals surface area (Å²) in [7, 11) is 0. The van der Waals surface area contributed by atoms with Crippen molar-refractivity contribution < 1.29 is 0 Å². The summed E-state index contributed by atoms with van der Waals surface area (Å²) in [4.78, 5) is 10.7. The summed E-state index contributed by atoms with van der Waals surface area (Å²) in [6.45, 7) is 4.78. The molecule has 0 bridgehead atoms. The fourth-order valence-electron chi connectivity index (χ4n) is 7.84. The van der Waals surface area contributed by atoms with Gasteiger partial charge in [0.25, 0.3) is 0 Å². The van der Waals surface area contributed by atoms with Crippen LogP contribution < -0.4 is 0 Å². The number of pyridine rings is 1. The Morgan fingerprint density at radius 2 is 1.17 bits per heavy atom. The fourth-order valence-corrected chi connectivity index (χ4v) is 10.2. The molecule has 2 nitrogen and oxygen atoms in total. The van der Waals surface area contributed by atoms with Crippen LogP contribution in [-0.4, -0.2) is 9.55 Å². The van der Waals surface area contributed by atoms with E-state index in [-0.39, 0.29) is 5.41 Å². The topological polar surface area (TPSA) is 17.8 Å². The molecule has 8 aromatic rings. The molecular weight excluding hydrogens is 621 g/mol. The lowest BCUT2D eigenvalue weighted by atomic mass is 9.81. The molecule has 0 N–H and O–H groups in total. The molecule has 3 heterocycles. The molecule has 0 saturated carbocycles. The molecule has 0 radical (unpaired) electrons. The van der Waals surface area contributed by atoms with E-state index in [9.17, 15) is 0 Å². The third-order valence-corrected chi connectivity index (χ3v) is 12.6. The van der Waals surface area contributed by atoms with Crippen molar-refractivity contribution in [2.24, 2.45) is 0 Å². The van der Waals surface area contributed by atoms with Gasteiger partial charge < -0.3 is 0 Å². The summed E-state index contributed by atoms with van der Waals surface area (Å²) in [5.74, 6) is 0.938. The Bertz CT molecular complexity index is 2520. The minimum Gasteiger partial charge on any atom is -0.292 e. The number of benzene rings is 6. The second kappa shape index (κ2) is 10.5. The number of hydrogen-bond acceptors (Lipinski definition) is 3. The van der Waals surface area contributed by atoms with E-state index in [4.69, 9.17) is 4.98 Å². The highest BCUT2D eigenvalue weighted by Gasteiger charge is 2.39. The van der Waals surface area contributed by atoms with Gasteiger partial charge in [-0.15, -0.1) is 0 Å². The van der Waals surface area contributed by atoms with Crippen LogP contribution in [0, 0.1) is 0 Å². The predicted molar refractivity (Wildman–Crippen MR) is 202 cm³/mol. The van der Waals surface area contributed by atoms with E-state index >= 15 is 0 Å². The molecule has 0 saturated heterocycles. The summed E-state index contributed by atoms with van der Waals surface area (Å²) in [5, 5.41) is 2.53. The van der Waals surface area contributed by atoms with Gasteiger partial charge in [0.1, 0.15) is 5.82 Å². The van der Waals surface area contributed by atoms with Crippen LogP contribution >= 0.6 is 23.5 Å². The Kier molecular flexibility index (Phi) is 6.12. The van der Waals surface area contributed by atoms with Gasteiger partial charge in [-0.05, 0) is 63.7 Å². The Morgan fingerprint density at radius 3 is 1.96 bits per heavy atom. The van der Waals surface area contributed by atoms with Crippen molar-refractivity contribution in [2.75, 3.05) is 0 Å². The first-order chi connectivity index (χ1) is 23.6. The summed E-state index contributed by atoms with van der Waals surface area (Å²) in [6, 6.07) is 52.9. The molecule has 0 spiro atoms. The van der Waals surface area contributed by atoms with Gasteiger partial charge in [0.15, 0.2) is 0 Å². The molecule has 1 aliphatic heterocycles. The van der Waals surface area contributed by atoms with E-state index in [1.165, 1.54) is 69.2 Å². The number of rotatable bonds is 3. The largest absolute Gasteiger partial charge is 0.292 e. The van der Waals surface area contributed by atoms with Crippen LogP contribution in [0.4, 0.5) is 0 Å². The van der Waals surface area contributed by atoms with Gasteiger partial charge in [-0.3, -0.25) is 4.57 Å². The quantitative estimate of drug-likeness (QED) is 0.189. The first-order valence-electron chi connectivity index (χ1n) is 16.4. The Balaban J connectivity index is 1.37. The Hall–Kier alpha value is -5.03. The number of fused-ring (bicyclic) bond motifs is 10. The molecule has 0 fully saturated rings. The molecule has 0 unspecified atom stereocenters. The summed E-state index contributed by atoms with van der Waals surface area (Å²) in [5.41, 5.74) is 12.1. The monoisotopic (exact) mass is 650 g/mol. The average molecular weight is 651 g/mol. The SMILES string of the molecule is CC1(C)c2ccccc2-c2ccc3c4ccc5c(c4n(-c4cc(-c6ccccc6)cc(-c6ccccc6)n4)c3c21)Sc1ccccc1S5. The molecule has 0 atom stereocenters. The Labute approximate surface area is 288 Å². The van der Waals surface area contributed by atoms with Crippen molar-refractivity contribution in [1.29, 1.82) is 0 Å². The highest BCUT2D eigenvalue weighted by molar-refractivity contribution is 8.05. The van der Waals surface area contributed by atoms with Gasteiger partial charge in [0.05, 0.1) is 21.6 Å². The average Bonchev–Trinajstić information content (AvgIpc) is 3.60. The molecule has 48 heavy (non-hydrogen) atoms. The van der Waals surface area contributed by atoms with Crippen LogP contribution in [0.2, 0.25) is 0 Å². The van der Waals surface area contributed by atoms with Crippen molar-refractivity contribution in [1.82, 2.24) is 9.55 Å². The molecular formula is C44H30N2S2. The third kappa shape index (κ3) is 4.06. The molecule has 0 amide bonds.